The summed E-state index contributed by atoms with van der Waals surface area (Å²) < 4.78 is 5.77. The Bertz CT molecular complexity index is 707. The van der Waals surface area contributed by atoms with Crippen LogP contribution in [0.1, 0.15) is 50.2 Å². The molecule has 1 aromatic rings. The summed E-state index contributed by atoms with van der Waals surface area (Å²) in [6.45, 7) is 9.69. The summed E-state index contributed by atoms with van der Waals surface area (Å²) in [5.74, 6) is 1.00. The predicted molar refractivity (Wildman–Crippen MR) is 127 cm³/mol. The number of allylic oxidation sites excluding steroid dienone is 1. The van der Waals surface area contributed by atoms with E-state index in [0.29, 0.717) is 0 Å². The van der Waals surface area contributed by atoms with Crippen LogP contribution in [-0.4, -0.2) is 68.4 Å². The van der Waals surface area contributed by atoms with Crippen LogP contribution in [0, 0.1) is 0 Å². The summed E-state index contributed by atoms with van der Waals surface area (Å²) >= 11 is 0. The Morgan fingerprint density at radius 3 is 2.63 bits per heavy atom. The highest BCUT2D eigenvalue weighted by molar-refractivity contribution is 5.76. The van der Waals surface area contributed by atoms with Crippen molar-refractivity contribution in [3.63, 3.8) is 0 Å². The van der Waals surface area contributed by atoms with Crippen molar-refractivity contribution in [2.45, 2.75) is 58.0 Å². The SMILES string of the molecule is CCCCCC1=CC=NC1Cc1ccc(CN2CCN(CCCN)CC2)cc1OC. The molecular formula is C25H40N4O. The van der Waals surface area contributed by atoms with Gasteiger partial charge in [-0.15, -0.1) is 0 Å². The number of hydrogen-bond acceptors (Lipinski definition) is 5. The first-order valence-electron chi connectivity index (χ1n) is 11.8. The van der Waals surface area contributed by atoms with Crippen molar-refractivity contribution >= 4 is 6.21 Å². The highest BCUT2D eigenvalue weighted by Gasteiger charge is 2.20. The molecule has 0 radical (unpaired) electrons. The van der Waals surface area contributed by atoms with Crippen LogP contribution >= 0.6 is 0 Å². The van der Waals surface area contributed by atoms with Crippen molar-refractivity contribution in [3.05, 3.63) is 41.0 Å². The number of piperazine rings is 1. The van der Waals surface area contributed by atoms with Gasteiger partial charge in [-0.05, 0) is 61.2 Å². The highest BCUT2D eigenvalue weighted by atomic mass is 16.5. The van der Waals surface area contributed by atoms with Crippen LogP contribution in [0.4, 0.5) is 0 Å². The van der Waals surface area contributed by atoms with Crippen LogP contribution in [0.2, 0.25) is 0 Å². The fraction of sp³-hybridized carbons (Fsp3) is 0.640. The van der Waals surface area contributed by atoms with Gasteiger partial charge in [-0.25, -0.2) is 0 Å². The first kappa shape index (κ1) is 23.0. The minimum absolute atomic E-state index is 0.281. The molecule has 0 aliphatic carbocycles. The lowest BCUT2D eigenvalue weighted by atomic mass is 9.95. The summed E-state index contributed by atoms with van der Waals surface area (Å²) in [7, 11) is 1.79. The molecule has 2 heterocycles. The quantitative estimate of drug-likeness (QED) is 0.532. The summed E-state index contributed by atoms with van der Waals surface area (Å²) in [4.78, 5) is 9.79. The minimum Gasteiger partial charge on any atom is -0.496 e. The van der Waals surface area contributed by atoms with E-state index in [2.05, 4.69) is 41.0 Å². The zero-order chi connectivity index (χ0) is 21.2. The zero-order valence-electron chi connectivity index (χ0n) is 19.0. The molecule has 0 aromatic heterocycles. The molecule has 2 N–H and O–H groups in total. The Labute approximate surface area is 183 Å². The molecule has 5 nitrogen and oxygen atoms in total. The molecule has 1 unspecified atom stereocenters. The highest BCUT2D eigenvalue weighted by Crippen LogP contribution is 2.28. The molecule has 0 saturated carbocycles. The molecule has 1 atom stereocenters. The van der Waals surface area contributed by atoms with Gasteiger partial charge in [0.05, 0.1) is 13.2 Å². The van der Waals surface area contributed by atoms with Gasteiger partial charge in [0.2, 0.25) is 0 Å². The number of aliphatic imine (C=N–C) groups is 1. The number of rotatable bonds is 12. The molecular weight excluding hydrogens is 372 g/mol. The van der Waals surface area contributed by atoms with Crippen LogP contribution < -0.4 is 10.5 Å². The second-order valence-corrected chi connectivity index (χ2v) is 8.62. The van der Waals surface area contributed by atoms with Crippen molar-refractivity contribution in [2.24, 2.45) is 10.7 Å². The summed E-state index contributed by atoms with van der Waals surface area (Å²) in [5, 5.41) is 0. The molecule has 0 amide bonds. The van der Waals surface area contributed by atoms with Crippen LogP contribution in [0.3, 0.4) is 0 Å². The molecule has 5 heteroatoms. The van der Waals surface area contributed by atoms with Gasteiger partial charge in [-0.2, -0.15) is 0 Å². The third-order valence-corrected chi connectivity index (χ3v) is 6.37. The number of unbranched alkanes of at least 4 members (excludes halogenated alkanes) is 2. The van der Waals surface area contributed by atoms with E-state index in [0.717, 1.165) is 70.8 Å². The van der Waals surface area contributed by atoms with Gasteiger partial charge in [0.25, 0.3) is 0 Å². The smallest absolute Gasteiger partial charge is 0.122 e. The average molecular weight is 413 g/mol. The van der Waals surface area contributed by atoms with Gasteiger partial charge in [0.1, 0.15) is 5.75 Å². The lowest BCUT2D eigenvalue weighted by Crippen LogP contribution is -2.46. The van der Waals surface area contributed by atoms with Crippen LogP contribution in [0.5, 0.6) is 5.75 Å². The fourth-order valence-corrected chi connectivity index (χ4v) is 4.47. The van der Waals surface area contributed by atoms with Gasteiger partial charge >= 0.3 is 0 Å². The number of nitrogens with zero attached hydrogens (tertiary/aromatic N) is 3. The predicted octanol–water partition coefficient (Wildman–Crippen LogP) is 3.66. The zero-order valence-corrected chi connectivity index (χ0v) is 19.0. The third kappa shape index (κ3) is 6.66. The molecule has 1 fully saturated rings. The second-order valence-electron chi connectivity index (χ2n) is 8.62. The number of nitrogens with two attached hydrogens (primary N) is 1. The van der Waals surface area contributed by atoms with Crippen LogP contribution in [0.15, 0.2) is 34.8 Å². The largest absolute Gasteiger partial charge is 0.496 e. The number of ether oxygens (including phenoxy) is 1. The van der Waals surface area contributed by atoms with Crippen molar-refractivity contribution in [3.8, 4) is 5.75 Å². The Morgan fingerprint density at radius 1 is 1.10 bits per heavy atom. The van der Waals surface area contributed by atoms with E-state index in [9.17, 15) is 0 Å². The summed E-state index contributed by atoms with van der Waals surface area (Å²) in [5.41, 5.74) is 9.71. The Morgan fingerprint density at radius 2 is 1.90 bits per heavy atom. The van der Waals surface area contributed by atoms with E-state index in [1.54, 1.807) is 7.11 Å². The van der Waals surface area contributed by atoms with Crippen molar-refractivity contribution in [2.75, 3.05) is 46.4 Å². The first-order valence-corrected chi connectivity index (χ1v) is 11.8. The van der Waals surface area contributed by atoms with E-state index >= 15 is 0 Å². The fourth-order valence-electron chi connectivity index (χ4n) is 4.47. The molecule has 1 aromatic carbocycles. The molecule has 166 valence electrons. The normalized spacial score (nSPS) is 20.0. The molecule has 0 spiro atoms. The topological polar surface area (TPSA) is 54.1 Å². The van der Waals surface area contributed by atoms with Crippen molar-refractivity contribution in [1.29, 1.82) is 0 Å². The molecule has 2 aliphatic heterocycles. The van der Waals surface area contributed by atoms with E-state index in [1.165, 1.54) is 36.0 Å². The van der Waals surface area contributed by atoms with Gasteiger partial charge in [0, 0.05) is 45.4 Å². The van der Waals surface area contributed by atoms with Gasteiger partial charge < -0.3 is 15.4 Å². The molecule has 0 bridgehead atoms. The lowest BCUT2D eigenvalue weighted by Gasteiger charge is -2.34. The van der Waals surface area contributed by atoms with Crippen LogP contribution in [0.25, 0.3) is 0 Å². The first-order chi connectivity index (χ1) is 14.7. The Kier molecular flexibility index (Phi) is 9.37. The third-order valence-electron chi connectivity index (χ3n) is 6.37. The average Bonchev–Trinajstić information content (AvgIpc) is 3.21. The van der Waals surface area contributed by atoms with Crippen molar-refractivity contribution < 1.29 is 4.74 Å². The Balaban J connectivity index is 1.54. The number of methoxy groups -OCH3 is 1. The van der Waals surface area contributed by atoms with E-state index < -0.39 is 0 Å². The molecule has 2 aliphatic rings. The lowest BCUT2D eigenvalue weighted by molar-refractivity contribution is 0.126. The van der Waals surface area contributed by atoms with Gasteiger partial charge in [-0.3, -0.25) is 9.89 Å². The maximum absolute atomic E-state index is 5.77. The van der Waals surface area contributed by atoms with Crippen molar-refractivity contribution in [1.82, 2.24) is 9.80 Å². The molecule has 1 saturated heterocycles. The van der Waals surface area contributed by atoms with Crippen LogP contribution in [-0.2, 0) is 13.0 Å². The summed E-state index contributed by atoms with van der Waals surface area (Å²) in [6.07, 6.45) is 11.2. The van der Waals surface area contributed by atoms with E-state index in [-0.39, 0.29) is 6.04 Å². The Hall–Kier alpha value is -1.69. The monoisotopic (exact) mass is 412 g/mol. The van der Waals surface area contributed by atoms with E-state index in [4.69, 9.17) is 15.5 Å². The van der Waals surface area contributed by atoms with Gasteiger partial charge in [-0.1, -0.05) is 31.9 Å². The maximum atomic E-state index is 5.77. The summed E-state index contributed by atoms with van der Waals surface area (Å²) in [6, 6.07) is 7.04. The second kappa shape index (κ2) is 12.2. The maximum Gasteiger partial charge on any atom is 0.122 e. The number of benzene rings is 1. The molecule has 3 rings (SSSR count). The standard InChI is InChI=1S/C25H40N4O/c1-3-4-5-7-22-10-12-27-24(22)19-23-9-8-21(18-25(23)30-2)20-29-16-14-28(15-17-29)13-6-11-26/h8-10,12,18,24H,3-7,11,13-17,19-20,26H2,1-2H3. The number of hydrogen-bond donors (Lipinski definition) is 1. The van der Waals surface area contributed by atoms with Gasteiger partial charge in [0.15, 0.2) is 0 Å². The minimum atomic E-state index is 0.281. The van der Waals surface area contributed by atoms with E-state index in [1.807, 2.05) is 6.21 Å². The molecule has 30 heavy (non-hydrogen) atoms.